The first-order valence-electron chi connectivity index (χ1n) is 7.28. The van der Waals surface area contributed by atoms with E-state index in [1.54, 1.807) is 48.3 Å². The third kappa shape index (κ3) is 4.14. The van der Waals surface area contributed by atoms with Gasteiger partial charge in [-0.05, 0) is 42.5 Å². The summed E-state index contributed by atoms with van der Waals surface area (Å²) in [7, 11) is 1.76. The van der Waals surface area contributed by atoms with Gasteiger partial charge in [-0.25, -0.2) is 0 Å². The Bertz CT molecular complexity index is 880. The average molecular weight is 343 g/mol. The van der Waals surface area contributed by atoms with E-state index in [0.717, 1.165) is 0 Å². The van der Waals surface area contributed by atoms with E-state index < -0.39 is 0 Å². The minimum absolute atomic E-state index is 0.128. The summed E-state index contributed by atoms with van der Waals surface area (Å²) in [6.45, 7) is 0.282. The number of rotatable bonds is 6. The number of hydrogen-bond acceptors (Lipinski definition) is 4. The quantitative estimate of drug-likeness (QED) is 0.499. The molecule has 0 aliphatic heterocycles. The maximum atomic E-state index is 12.0. The van der Waals surface area contributed by atoms with E-state index in [1.807, 2.05) is 12.1 Å². The van der Waals surface area contributed by atoms with E-state index in [9.17, 15) is 4.79 Å². The number of hydrogen-bond donors (Lipinski definition) is 0. The molecule has 0 unspecified atom stereocenters. The number of ether oxygens (including phenoxy) is 1. The van der Waals surface area contributed by atoms with Gasteiger partial charge in [0.25, 0.3) is 0 Å². The lowest BCUT2D eigenvalue weighted by atomic mass is 10.2. The van der Waals surface area contributed by atoms with Crippen molar-refractivity contribution < 1.29 is 13.9 Å². The second-order valence-electron chi connectivity index (χ2n) is 5.15. The van der Waals surface area contributed by atoms with Crippen LogP contribution < -0.4 is 4.74 Å². The highest BCUT2D eigenvalue weighted by Gasteiger charge is 2.05. The predicted molar refractivity (Wildman–Crippen MR) is 91.1 cm³/mol. The number of halogens is 1. The van der Waals surface area contributed by atoms with Crippen LogP contribution in [0.5, 0.6) is 5.75 Å². The molecule has 122 valence electrons. The summed E-state index contributed by atoms with van der Waals surface area (Å²) < 4.78 is 12.8. The molecule has 6 heteroatoms. The number of carbonyl (C=O) groups is 1. The molecule has 1 aromatic carbocycles. The summed E-state index contributed by atoms with van der Waals surface area (Å²) >= 11 is 5.90. The van der Waals surface area contributed by atoms with Gasteiger partial charge in [-0.15, -0.1) is 0 Å². The molecule has 0 amide bonds. The van der Waals surface area contributed by atoms with Crippen LogP contribution in [0.4, 0.5) is 0 Å². The van der Waals surface area contributed by atoms with Gasteiger partial charge >= 0.3 is 0 Å². The zero-order valence-electron chi connectivity index (χ0n) is 13.0. The van der Waals surface area contributed by atoms with Gasteiger partial charge in [0, 0.05) is 18.3 Å². The predicted octanol–water partition coefficient (Wildman–Crippen LogP) is 4.14. The topological polar surface area (TPSA) is 57.3 Å². The summed E-state index contributed by atoms with van der Waals surface area (Å²) in [6.07, 6.45) is 6.27. The molecule has 2 aromatic heterocycles. The number of benzene rings is 1. The average Bonchev–Trinajstić information content (AvgIpc) is 3.20. The van der Waals surface area contributed by atoms with Gasteiger partial charge in [-0.2, -0.15) is 5.10 Å². The molecule has 2 heterocycles. The van der Waals surface area contributed by atoms with Crippen LogP contribution in [0.15, 0.2) is 59.3 Å². The first-order valence-corrected chi connectivity index (χ1v) is 7.66. The van der Waals surface area contributed by atoms with Gasteiger partial charge in [0.15, 0.2) is 5.78 Å². The van der Waals surface area contributed by atoms with Crippen LogP contribution in [0, 0.1) is 0 Å². The Morgan fingerprint density at radius 2 is 2.25 bits per heavy atom. The molecule has 3 aromatic rings. The zero-order valence-corrected chi connectivity index (χ0v) is 13.7. The Hall–Kier alpha value is -2.79. The van der Waals surface area contributed by atoms with Crippen molar-refractivity contribution in [2.24, 2.45) is 7.05 Å². The van der Waals surface area contributed by atoms with Crippen LogP contribution >= 0.6 is 11.6 Å². The minimum Gasteiger partial charge on any atom is -0.486 e. The maximum absolute atomic E-state index is 12.0. The van der Waals surface area contributed by atoms with Crippen LogP contribution in [-0.4, -0.2) is 15.6 Å². The van der Waals surface area contributed by atoms with E-state index >= 15 is 0 Å². The number of aryl methyl sites for hydroxylation is 1. The molecular weight excluding hydrogens is 328 g/mol. The maximum Gasteiger partial charge on any atom is 0.189 e. The van der Waals surface area contributed by atoms with Crippen LogP contribution in [0.25, 0.3) is 6.08 Å². The largest absolute Gasteiger partial charge is 0.486 e. The number of furan rings is 1. The fourth-order valence-corrected chi connectivity index (χ4v) is 2.26. The molecule has 0 saturated carbocycles. The SMILES string of the molecule is Cn1cc(C(=O)C=Cc2ccc(COc3cccc(Cl)c3)o2)cn1. The fourth-order valence-electron chi connectivity index (χ4n) is 2.08. The van der Waals surface area contributed by atoms with Crippen LogP contribution in [0.2, 0.25) is 5.02 Å². The van der Waals surface area contributed by atoms with Gasteiger partial charge in [0.05, 0.1) is 11.8 Å². The number of ketones is 1. The minimum atomic E-state index is -0.128. The first kappa shape index (κ1) is 16.1. The lowest BCUT2D eigenvalue weighted by molar-refractivity contribution is 0.104. The summed E-state index contributed by atoms with van der Waals surface area (Å²) in [5.74, 6) is 1.78. The molecule has 3 rings (SSSR count). The highest BCUT2D eigenvalue weighted by Crippen LogP contribution is 2.19. The normalized spacial score (nSPS) is 11.1. The van der Waals surface area contributed by atoms with Crippen molar-refractivity contribution in [2.45, 2.75) is 6.61 Å². The summed E-state index contributed by atoms with van der Waals surface area (Å²) in [6, 6.07) is 10.7. The molecule has 0 N–H and O–H groups in total. The van der Waals surface area contributed by atoms with Crippen molar-refractivity contribution in [1.29, 1.82) is 0 Å². The van der Waals surface area contributed by atoms with E-state index in [-0.39, 0.29) is 12.4 Å². The Kier molecular flexibility index (Phi) is 4.82. The molecule has 0 radical (unpaired) electrons. The molecule has 0 fully saturated rings. The van der Waals surface area contributed by atoms with Crippen molar-refractivity contribution in [1.82, 2.24) is 9.78 Å². The van der Waals surface area contributed by atoms with Gasteiger partial charge < -0.3 is 9.15 Å². The van der Waals surface area contributed by atoms with E-state index in [0.29, 0.717) is 27.9 Å². The molecule has 0 bridgehead atoms. The lowest BCUT2D eigenvalue weighted by Crippen LogP contribution is -1.93. The van der Waals surface area contributed by atoms with Crippen molar-refractivity contribution >= 4 is 23.5 Å². The Balaban J connectivity index is 1.59. The molecule has 0 aliphatic carbocycles. The number of allylic oxidation sites excluding steroid dienone is 1. The summed E-state index contributed by atoms with van der Waals surface area (Å²) in [4.78, 5) is 12.0. The third-order valence-corrected chi connectivity index (χ3v) is 3.48. The third-order valence-electron chi connectivity index (χ3n) is 3.25. The Labute approximate surface area is 144 Å². The van der Waals surface area contributed by atoms with Crippen LogP contribution in [0.1, 0.15) is 21.9 Å². The van der Waals surface area contributed by atoms with Crippen molar-refractivity contribution in [3.8, 4) is 5.75 Å². The molecular formula is C18H15ClN2O3. The highest BCUT2D eigenvalue weighted by molar-refractivity contribution is 6.30. The molecule has 24 heavy (non-hydrogen) atoms. The number of nitrogens with zero attached hydrogens (tertiary/aromatic N) is 2. The Morgan fingerprint density at radius 1 is 1.38 bits per heavy atom. The molecule has 0 saturated heterocycles. The summed E-state index contributed by atoms with van der Waals surface area (Å²) in [5, 5.41) is 4.58. The van der Waals surface area contributed by atoms with Gasteiger partial charge in [-0.3, -0.25) is 9.48 Å². The first-order chi connectivity index (χ1) is 11.6. The van der Waals surface area contributed by atoms with Gasteiger partial charge in [0.1, 0.15) is 23.9 Å². The van der Waals surface area contributed by atoms with Crippen LogP contribution in [0.3, 0.4) is 0 Å². The van der Waals surface area contributed by atoms with Gasteiger partial charge in [-0.1, -0.05) is 17.7 Å². The van der Waals surface area contributed by atoms with Crippen molar-refractivity contribution in [2.75, 3.05) is 0 Å². The molecule has 0 spiro atoms. The van der Waals surface area contributed by atoms with E-state index in [4.69, 9.17) is 20.8 Å². The Morgan fingerprint density at radius 3 is 3.00 bits per heavy atom. The zero-order chi connectivity index (χ0) is 16.9. The molecule has 0 aliphatic rings. The lowest BCUT2D eigenvalue weighted by Gasteiger charge is -2.03. The van der Waals surface area contributed by atoms with Crippen LogP contribution in [-0.2, 0) is 13.7 Å². The monoisotopic (exact) mass is 342 g/mol. The fraction of sp³-hybridized carbons (Fsp3) is 0.111. The summed E-state index contributed by atoms with van der Waals surface area (Å²) in [5.41, 5.74) is 0.532. The van der Waals surface area contributed by atoms with Crippen molar-refractivity contribution in [3.05, 3.63) is 77.0 Å². The van der Waals surface area contributed by atoms with Crippen molar-refractivity contribution in [3.63, 3.8) is 0 Å². The standard InChI is InChI=1S/C18H15ClN2O3/c1-21-11-13(10-20-21)18(22)8-7-15-5-6-17(24-15)12-23-16-4-2-3-14(19)9-16/h2-11H,12H2,1H3. The second kappa shape index (κ2) is 7.19. The number of carbonyl (C=O) groups excluding carboxylic acids is 1. The smallest absolute Gasteiger partial charge is 0.189 e. The van der Waals surface area contributed by atoms with E-state index in [1.165, 1.54) is 12.3 Å². The molecule has 0 atom stereocenters. The van der Waals surface area contributed by atoms with E-state index in [2.05, 4.69) is 5.10 Å². The molecule has 5 nitrogen and oxygen atoms in total. The number of aromatic nitrogens is 2. The second-order valence-corrected chi connectivity index (χ2v) is 5.59. The highest BCUT2D eigenvalue weighted by atomic mass is 35.5. The van der Waals surface area contributed by atoms with Gasteiger partial charge in [0.2, 0.25) is 0 Å².